The maximum absolute atomic E-state index is 14.3. The number of H-pyrrole nitrogens is 1. The highest BCUT2D eigenvalue weighted by Crippen LogP contribution is 2.37. The van der Waals surface area contributed by atoms with E-state index in [4.69, 9.17) is 10.5 Å². The minimum absolute atomic E-state index is 0.159. The lowest BCUT2D eigenvalue weighted by atomic mass is 9.95. The number of ether oxygens (including phenoxy) is 1. The lowest BCUT2D eigenvalue weighted by Crippen LogP contribution is -2.17. The zero-order valence-electron chi connectivity index (χ0n) is 14.0. The molecule has 0 aliphatic heterocycles. The number of anilines is 1. The fourth-order valence-electron chi connectivity index (χ4n) is 2.53. The van der Waals surface area contributed by atoms with Gasteiger partial charge in [-0.1, -0.05) is 19.8 Å². The van der Waals surface area contributed by atoms with Crippen molar-refractivity contribution in [3.8, 4) is 29.0 Å². The Labute approximate surface area is 148 Å². The number of benzene rings is 1. The maximum atomic E-state index is 14.3. The molecule has 2 aromatic rings. The molecule has 0 saturated heterocycles. The van der Waals surface area contributed by atoms with E-state index in [1.807, 2.05) is 6.92 Å². The normalized spacial score (nSPS) is 10.2. The van der Waals surface area contributed by atoms with Crippen molar-refractivity contribution in [2.24, 2.45) is 0 Å². The molecule has 1 aromatic carbocycles. The first-order chi connectivity index (χ1) is 12.4. The molecule has 6 nitrogen and oxygen atoms in total. The van der Waals surface area contributed by atoms with Crippen molar-refractivity contribution in [3.05, 3.63) is 45.2 Å². The highest BCUT2D eigenvalue weighted by atomic mass is 19.1. The molecule has 1 heterocycles. The molecule has 0 bridgehead atoms. The summed E-state index contributed by atoms with van der Waals surface area (Å²) < 4.78 is 33.6. The first-order valence-corrected chi connectivity index (χ1v) is 7.92. The number of nitrogens with one attached hydrogen (secondary N) is 1. The van der Waals surface area contributed by atoms with Crippen LogP contribution in [0.5, 0.6) is 5.75 Å². The number of nitrogen functional groups attached to an aromatic ring is 1. The number of nitrogens with two attached hydrogens (primary N) is 1. The van der Waals surface area contributed by atoms with E-state index in [9.17, 15) is 24.1 Å². The van der Waals surface area contributed by atoms with Crippen LogP contribution in [0.25, 0.3) is 11.1 Å². The molecule has 26 heavy (non-hydrogen) atoms. The summed E-state index contributed by atoms with van der Waals surface area (Å²) in [6.45, 7) is 2.15. The second-order valence-electron chi connectivity index (χ2n) is 5.54. The van der Waals surface area contributed by atoms with Gasteiger partial charge < -0.3 is 15.5 Å². The fraction of sp³-hybridized carbons (Fsp3) is 0.278. The summed E-state index contributed by atoms with van der Waals surface area (Å²) in [6, 6.07) is 4.96. The molecule has 3 N–H and O–H groups in total. The molecule has 0 amide bonds. The Hall–Kier alpha value is -3.39. The molecule has 2 rings (SSSR count). The smallest absolute Gasteiger partial charge is 0.268 e. The van der Waals surface area contributed by atoms with Crippen LogP contribution < -0.4 is 16.0 Å². The van der Waals surface area contributed by atoms with E-state index in [0.29, 0.717) is 12.5 Å². The SMILES string of the molecule is CCCCCOc1c(F)cc(F)cc1-c1c(C#N)c(N)[nH]c(=O)c1C#N. The number of aromatic nitrogens is 1. The molecule has 134 valence electrons. The highest BCUT2D eigenvalue weighted by Gasteiger charge is 2.24. The lowest BCUT2D eigenvalue weighted by molar-refractivity contribution is 0.292. The van der Waals surface area contributed by atoms with Gasteiger partial charge in [0, 0.05) is 17.2 Å². The van der Waals surface area contributed by atoms with Gasteiger partial charge in [-0.2, -0.15) is 10.5 Å². The van der Waals surface area contributed by atoms with Crippen LogP contribution >= 0.6 is 0 Å². The van der Waals surface area contributed by atoms with Gasteiger partial charge in [-0.15, -0.1) is 0 Å². The molecule has 0 saturated carbocycles. The van der Waals surface area contributed by atoms with Crippen molar-refractivity contribution in [2.75, 3.05) is 12.3 Å². The first kappa shape index (κ1) is 18.9. The van der Waals surface area contributed by atoms with E-state index >= 15 is 0 Å². The summed E-state index contributed by atoms with van der Waals surface area (Å²) in [5.74, 6) is -2.57. The van der Waals surface area contributed by atoms with Crippen LogP contribution in [0.15, 0.2) is 16.9 Å². The van der Waals surface area contributed by atoms with Crippen molar-refractivity contribution in [1.82, 2.24) is 4.98 Å². The zero-order valence-corrected chi connectivity index (χ0v) is 14.0. The molecule has 0 unspecified atom stereocenters. The topological polar surface area (TPSA) is 116 Å². The zero-order chi connectivity index (χ0) is 19.3. The standard InChI is InChI=1S/C18H16F2N4O2/c1-2-3-4-5-26-16-11(6-10(19)7-14(16)20)15-12(8-21)17(23)24-18(25)13(15)9-22/h6-7H,2-5H2,1H3,(H3,23,24,25). The van der Waals surface area contributed by atoms with E-state index in [2.05, 4.69) is 4.98 Å². The Kier molecular flexibility index (Phi) is 5.92. The summed E-state index contributed by atoms with van der Waals surface area (Å²) in [5, 5.41) is 18.7. The van der Waals surface area contributed by atoms with Crippen molar-refractivity contribution in [1.29, 1.82) is 10.5 Å². The van der Waals surface area contributed by atoms with Gasteiger partial charge in [-0.05, 0) is 12.5 Å². The summed E-state index contributed by atoms with van der Waals surface area (Å²) in [4.78, 5) is 14.2. The second-order valence-corrected chi connectivity index (χ2v) is 5.54. The molecular weight excluding hydrogens is 342 g/mol. The van der Waals surface area contributed by atoms with Crippen molar-refractivity contribution >= 4 is 5.82 Å². The predicted molar refractivity (Wildman–Crippen MR) is 91.3 cm³/mol. The van der Waals surface area contributed by atoms with E-state index in [-0.39, 0.29) is 34.9 Å². The summed E-state index contributed by atoms with van der Waals surface area (Å²) >= 11 is 0. The Morgan fingerprint density at radius 2 is 1.88 bits per heavy atom. The molecule has 0 atom stereocenters. The molecule has 0 fully saturated rings. The van der Waals surface area contributed by atoms with Crippen LogP contribution in [0.3, 0.4) is 0 Å². The third-order valence-electron chi connectivity index (χ3n) is 3.74. The van der Waals surface area contributed by atoms with Gasteiger partial charge in [-0.3, -0.25) is 4.79 Å². The summed E-state index contributed by atoms with van der Waals surface area (Å²) in [5.41, 5.74) is 3.60. The molecule has 0 aliphatic rings. The molecule has 8 heteroatoms. The predicted octanol–water partition coefficient (Wildman–Crippen LogP) is 3.21. The van der Waals surface area contributed by atoms with Gasteiger partial charge in [-0.25, -0.2) is 8.78 Å². The lowest BCUT2D eigenvalue weighted by Gasteiger charge is -2.15. The number of hydrogen-bond acceptors (Lipinski definition) is 5. The Morgan fingerprint density at radius 3 is 2.50 bits per heavy atom. The minimum Gasteiger partial charge on any atom is -0.490 e. The van der Waals surface area contributed by atoms with Crippen LogP contribution in [-0.2, 0) is 0 Å². The van der Waals surface area contributed by atoms with E-state index in [0.717, 1.165) is 18.9 Å². The average molecular weight is 358 g/mol. The number of unbranched alkanes of at least 4 members (excludes halogenated alkanes) is 2. The Morgan fingerprint density at radius 1 is 1.19 bits per heavy atom. The first-order valence-electron chi connectivity index (χ1n) is 7.92. The van der Waals surface area contributed by atoms with Gasteiger partial charge in [0.2, 0.25) is 0 Å². The monoisotopic (exact) mass is 358 g/mol. The third-order valence-corrected chi connectivity index (χ3v) is 3.74. The van der Waals surface area contributed by atoms with Gasteiger partial charge in [0.1, 0.15) is 34.9 Å². The highest BCUT2D eigenvalue weighted by molar-refractivity contribution is 5.83. The Bertz CT molecular complexity index is 971. The summed E-state index contributed by atoms with van der Waals surface area (Å²) in [6.07, 6.45) is 2.41. The maximum Gasteiger partial charge on any atom is 0.268 e. The second kappa shape index (κ2) is 8.13. The number of rotatable bonds is 6. The van der Waals surface area contributed by atoms with Gasteiger partial charge in [0.25, 0.3) is 5.56 Å². The number of nitriles is 2. The summed E-state index contributed by atoms with van der Waals surface area (Å²) in [7, 11) is 0. The van der Waals surface area contributed by atoms with Gasteiger partial charge in [0.15, 0.2) is 11.6 Å². The molecular formula is C18H16F2N4O2. The van der Waals surface area contributed by atoms with Crippen LogP contribution in [0.4, 0.5) is 14.6 Å². The minimum atomic E-state index is -0.997. The molecule has 0 aliphatic carbocycles. The average Bonchev–Trinajstić information content (AvgIpc) is 2.59. The van der Waals surface area contributed by atoms with Crippen LogP contribution in [-0.4, -0.2) is 11.6 Å². The largest absolute Gasteiger partial charge is 0.490 e. The number of nitrogens with zero attached hydrogens (tertiary/aromatic N) is 2. The number of halogens is 2. The number of hydrogen-bond donors (Lipinski definition) is 2. The van der Waals surface area contributed by atoms with Gasteiger partial charge in [0.05, 0.1) is 6.61 Å². The van der Waals surface area contributed by atoms with E-state index in [1.54, 1.807) is 12.1 Å². The third kappa shape index (κ3) is 3.65. The quantitative estimate of drug-likeness (QED) is 0.769. The molecule has 0 radical (unpaired) electrons. The van der Waals surface area contributed by atoms with E-state index < -0.39 is 22.8 Å². The molecule has 0 spiro atoms. The van der Waals surface area contributed by atoms with Gasteiger partial charge >= 0.3 is 0 Å². The fourth-order valence-corrected chi connectivity index (χ4v) is 2.53. The number of aromatic amines is 1. The Balaban J connectivity index is 2.75. The van der Waals surface area contributed by atoms with Crippen LogP contribution in [0, 0.1) is 34.3 Å². The van der Waals surface area contributed by atoms with Crippen molar-refractivity contribution in [2.45, 2.75) is 26.2 Å². The molecule has 1 aromatic heterocycles. The van der Waals surface area contributed by atoms with Crippen LogP contribution in [0.1, 0.15) is 37.3 Å². The van der Waals surface area contributed by atoms with Crippen LogP contribution in [0.2, 0.25) is 0 Å². The van der Waals surface area contributed by atoms with E-state index in [1.165, 1.54) is 0 Å². The number of pyridine rings is 1. The van der Waals surface area contributed by atoms with Crippen molar-refractivity contribution in [3.63, 3.8) is 0 Å². The van der Waals surface area contributed by atoms with Crippen molar-refractivity contribution < 1.29 is 13.5 Å².